The molecular formula is C18H24N2O3. The van der Waals surface area contributed by atoms with E-state index in [1.807, 2.05) is 49.1 Å². The average molecular weight is 316 g/mol. The summed E-state index contributed by atoms with van der Waals surface area (Å²) in [6.07, 6.45) is 1.06. The Hall–Kier alpha value is -1.88. The van der Waals surface area contributed by atoms with Crippen LogP contribution in [0.25, 0.3) is 0 Å². The molecule has 0 aliphatic carbocycles. The van der Waals surface area contributed by atoms with Gasteiger partial charge in [0.2, 0.25) is 11.8 Å². The molecule has 2 fully saturated rings. The zero-order valence-electron chi connectivity index (χ0n) is 13.8. The molecule has 0 radical (unpaired) electrons. The smallest absolute Gasteiger partial charge is 0.246 e. The maximum Gasteiger partial charge on any atom is 0.246 e. The number of hydrogen-bond acceptors (Lipinski definition) is 3. The molecule has 1 unspecified atom stereocenters. The minimum Gasteiger partial charge on any atom is -0.377 e. The highest BCUT2D eigenvalue weighted by Gasteiger charge is 2.43. The van der Waals surface area contributed by atoms with Gasteiger partial charge in [0, 0.05) is 19.5 Å². The predicted molar refractivity (Wildman–Crippen MR) is 86.6 cm³/mol. The average Bonchev–Trinajstić information content (AvgIpc) is 2.88. The number of carbonyl (C=O) groups excluding carboxylic acids is 2. The molecule has 0 aromatic heterocycles. The van der Waals surface area contributed by atoms with Crippen molar-refractivity contribution in [2.24, 2.45) is 0 Å². The van der Waals surface area contributed by atoms with Crippen molar-refractivity contribution >= 4 is 11.8 Å². The third-order valence-electron chi connectivity index (χ3n) is 4.72. The number of morpholine rings is 1. The fraction of sp³-hybridized carbons (Fsp3) is 0.556. The number of rotatable bonds is 3. The van der Waals surface area contributed by atoms with E-state index >= 15 is 0 Å². The monoisotopic (exact) mass is 316 g/mol. The first kappa shape index (κ1) is 16.0. The molecule has 23 heavy (non-hydrogen) atoms. The molecule has 0 saturated carbocycles. The van der Waals surface area contributed by atoms with Gasteiger partial charge in [-0.25, -0.2) is 0 Å². The Morgan fingerprint density at radius 3 is 2.74 bits per heavy atom. The fourth-order valence-electron chi connectivity index (χ4n) is 3.42. The van der Waals surface area contributed by atoms with Crippen molar-refractivity contribution in [2.75, 3.05) is 19.8 Å². The van der Waals surface area contributed by atoms with E-state index in [1.54, 1.807) is 4.90 Å². The Kier molecular flexibility index (Phi) is 4.39. The molecule has 2 aliphatic heterocycles. The van der Waals surface area contributed by atoms with Crippen LogP contribution in [0.1, 0.15) is 32.3 Å². The minimum absolute atomic E-state index is 0.0556. The summed E-state index contributed by atoms with van der Waals surface area (Å²) in [6, 6.07) is 9.50. The molecule has 0 bridgehead atoms. The second-order valence-electron chi connectivity index (χ2n) is 6.92. The summed E-state index contributed by atoms with van der Waals surface area (Å²) >= 11 is 0. The lowest BCUT2D eigenvalue weighted by Crippen LogP contribution is -2.59. The molecule has 3 rings (SSSR count). The first-order valence-corrected chi connectivity index (χ1v) is 8.22. The topological polar surface area (TPSA) is 49.9 Å². The number of nitrogens with zero attached hydrogens (tertiary/aromatic N) is 2. The van der Waals surface area contributed by atoms with E-state index in [9.17, 15) is 9.59 Å². The molecule has 5 heteroatoms. The van der Waals surface area contributed by atoms with Crippen LogP contribution in [-0.2, 0) is 20.9 Å². The summed E-state index contributed by atoms with van der Waals surface area (Å²) < 4.78 is 5.50. The summed E-state index contributed by atoms with van der Waals surface area (Å²) in [7, 11) is 0. The van der Waals surface area contributed by atoms with Crippen LogP contribution in [0.5, 0.6) is 0 Å². The molecule has 1 atom stereocenters. The summed E-state index contributed by atoms with van der Waals surface area (Å²) in [5.74, 6) is 0.123. The summed E-state index contributed by atoms with van der Waals surface area (Å²) in [6.45, 7) is 6.23. The summed E-state index contributed by atoms with van der Waals surface area (Å²) in [4.78, 5) is 28.9. The Balaban J connectivity index is 1.77. The van der Waals surface area contributed by atoms with E-state index in [-0.39, 0.29) is 23.4 Å². The van der Waals surface area contributed by atoms with Gasteiger partial charge in [0.25, 0.3) is 0 Å². The maximum absolute atomic E-state index is 13.0. The van der Waals surface area contributed by atoms with Crippen LogP contribution in [-0.4, -0.2) is 53.0 Å². The molecule has 2 heterocycles. The molecule has 1 aromatic carbocycles. The van der Waals surface area contributed by atoms with E-state index in [0.29, 0.717) is 39.1 Å². The number of hydrogen-bond donors (Lipinski definition) is 0. The highest BCUT2D eigenvalue weighted by molar-refractivity contribution is 5.91. The van der Waals surface area contributed by atoms with Gasteiger partial charge in [-0.1, -0.05) is 30.3 Å². The van der Waals surface area contributed by atoms with Gasteiger partial charge in [-0.15, -0.1) is 0 Å². The van der Waals surface area contributed by atoms with Crippen molar-refractivity contribution < 1.29 is 14.3 Å². The Labute approximate surface area is 137 Å². The molecule has 0 N–H and O–H groups in total. The Morgan fingerprint density at radius 1 is 1.30 bits per heavy atom. The van der Waals surface area contributed by atoms with Crippen molar-refractivity contribution in [3.05, 3.63) is 35.9 Å². The van der Waals surface area contributed by atoms with Gasteiger partial charge in [-0.05, 0) is 25.8 Å². The number of likely N-dealkylation sites (tertiary alicyclic amines) is 1. The van der Waals surface area contributed by atoms with Crippen LogP contribution in [0.4, 0.5) is 0 Å². The van der Waals surface area contributed by atoms with Crippen molar-refractivity contribution in [3.63, 3.8) is 0 Å². The van der Waals surface area contributed by atoms with Gasteiger partial charge in [0.15, 0.2) is 0 Å². The van der Waals surface area contributed by atoms with Crippen molar-refractivity contribution in [3.8, 4) is 0 Å². The zero-order chi connectivity index (χ0) is 16.4. The van der Waals surface area contributed by atoms with E-state index in [1.165, 1.54) is 0 Å². The van der Waals surface area contributed by atoms with Crippen molar-refractivity contribution in [2.45, 2.75) is 44.8 Å². The van der Waals surface area contributed by atoms with Gasteiger partial charge < -0.3 is 14.5 Å². The lowest BCUT2D eigenvalue weighted by atomic mass is 10.0. The van der Waals surface area contributed by atoms with Crippen LogP contribution >= 0.6 is 0 Å². The molecule has 0 spiro atoms. The number of carbonyl (C=O) groups is 2. The fourth-order valence-corrected chi connectivity index (χ4v) is 3.42. The molecule has 124 valence electrons. The van der Waals surface area contributed by atoms with Crippen LogP contribution < -0.4 is 0 Å². The normalized spacial score (nSPS) is 24.1. The van der Waals surface area contributed by atoms with Gasteiger partial charge in [0.1, 0.15) is 6.04 Å². The third-order valence-corrected chi connectivity index (χ3v) is 4.72. The SMILES string of the molecule is CC1(C)COCCN1C(=O)C1CCC(=O)N1Cc1ccccc1. The van der Waals surface area contributed by atoms with Crippen molar-refractivity contribution in [1.29, 1.82) is 0 Å². The maximum atomic E-state index is 13.0. The lowest BCUT2D eigenvalue weighted by Gasteiger charge is -2.44. The largest absolute Gasteiger partial charge is 0.377 e. The molecule has 2 aliphatic rings. The van der Waals surface area contributed by atoms with E-state index in [0.717, 1.165) is 5.56 Å². The number of amides is 2. The second-order valence-corrected chi connectivity index (χ2v) is 6.92. The minimum atomic E-state index is -0.347. The molecule has 5 nitrogen and oxygen atoms in total. The molecular weight excluding hydrogens is 292 g/mol. The molecule has 2 amide bonds. The predicted octanol–water partition coefficient (Wildman–Crippen LogP) is 1.81. The van der Waals surface area contributed by atoms with E-state index < -0.39 is 0 Å². The lowest BCUT2D eigenvalue weighted by molar-refractivity contribution is -0.153. The van der Waals surface area contributed by atoms with Gasteiger partial charge in [-0.3, -0.25) is 9.59 Å². The quantitative estimate of drug-likeness (QED) is 0.854. The second kappa shape index (κ2) is 6.32. The van der Waals surface area contributed by atoms with Crippen LogP contribution in [0.15, 0.2) is 30.3 Å². The number of ether oxygens (including phenoxy) is 1. The van der Waals surface area contributed by atoms with E-state index in [2.05, 4.69) is 0 Å². The highest BCUT2D eigenvalue weighted by atomic mass is 16.5. The standard InChI is InChI=1S/C18H24N2O3/c1-18(2)13-23-11-10-20(18)17(22)15-8-9-16(21)19(15)12-14-6-4-3-5-7-14/h3-7,15H,8-13H2,1-2H3. The Morgan fingerprint density at radius 2 is 2.04 bits per heavy atom. The van der Waals surface area contributed by atoms with Crippen molar-refractivity contribution in [1.82, 2.24) is 9.80 Å². The van der Waals surface area contributed by atoms with Crippen LogP contribution in [0, 0.1) is 0 Å². The van der Waals surface area contributed by atoms with Gasteiger partial charge in [-0.2, -0.15) is 0 Å². The first-order valence-electron chi connectivity index (χ1n) is 8.22. The summed E-state index contributed by atoms with van der Waals surface area (Å²) in [5.41, 5.74) is 0.737. The van der Waals surface area contributed by atoms with Gasteiger partial charge in [0.05, 0.1) is 18.8 Å². The van der Waals surface area contributed by atoms with Crippen LogP contribution in [0.2, 0.25) is 0 Å². The summed E-state index contributed by atoms with van der Waals surface area (Å²) in [5, 5.41) is 0. The highest BCUT2D eigenvalue weighted by Crippen LogP contribution is 2.27. The number of benzene rings is 1. The third kappa shape index (κ3) is 3.24. The molecule has 2 saturated heterocycles. The molecule has 1 aromatic rings. The van der Waals surface area contributed by atoms with Gasteiger partial charge >= 0.3 is 0 Å². The Bertz CT molecular complexity index is 585. The van der Waals surface area contributed by atoms with E-state index in [4.69, 9.17) is 4.74 Å². The van der Waals surface area contributed by atoms with Crippen LogP contribution in [0.3, 0.4) is 0 Å². The zero-order valence-corrected chi connectivity index (χ0v) is 13.8. The first-order chi connectivity index (χ1) is 11.0.